The number of aromatic amines is 1. The summed E-state index contributed by atoms with van der Waals surface area (Å²) in [4.78, 5) is 7.98. The van der Waals surface area contributed by atoms with E-state index in [2.05, 4.69) is 49.8 Å². The summed E-state index contributed by atoms with van der Waals surface area (Å²) < 4.78 is 0. The quantitative estimate of drug-likeness (QED) is 0.737. The first-order valence-corrected chi connectivity index (χ1v) is 5.60. The standard InChI is InChI=1S/C14H18N2/c1-8-6-10(3)15-13(8)12(5)14-9(2)7-11(4)16-14/h6-7,15H,1-5H3/b14-12-. The maximum atomic E-state index is 4.58. The van der Waals surface area contributed by atoms with E-state index in [1.807, 2.05) is 6.92 Å². The largest absolute Gasteiger partial charge is 0.359 e. The van der Waals surface area contributed by atoms with Crippen LogP contribution < -0.4 is 0 Å². The zero-order valence-electron chi connectivity index (χ0n) is 10.6. The van der Waals surface area contributed by atoms with Crippen LogP contribution in [0, 0.1) is 13.8 Å². The van der Waals surface area contributed by atoms with E-state index >= 15 is 0 Å². The van der Waals surface area contributed by atoms with Crippen LogP contribution in [0.15, 0.2) is 28.4 Å². The van der Waals surface area contributed by atoms with Gasteiger partial charge in [0, 0.05) is 17.1 Å². The van der Waals surface area contributed by atoms with Crippen LogP contribution in [0.4, 0.5) is 0 Å². The number of aryl methyl sites for hydroxylation is 2. The lowest BCUT2D eigenvalue weighted by Crippen LogP contribution is -1.89. The van der Waals surface area contributed by atoms with Gasteiger partial charge in [0.2, 0.25) is 0 Å². The minimum absolute atomic E-state index is 1.09. The van der Waals surface area contributed by atoms with Crippen molar-refractivity contribution < 1.29 is 0 Å². The smallest absolute Gasteiger partial charge is 0.0712 e. The Bertz CT molecular complexity index is 525. The average molecular weight is 214 g/mol. The van der Waals surface area contributed by atoms with Crippen LogP contribution in [0.3, 0.4) is 0 Å². The van der Waals surface area contributed by atoms with Gasteiger partial charge in [-0.3, -0.25) is 4.99 Å². The lowest BCUT2D eigenvalue weighted by atomic mass is 10.1. The van der Waals surface area contributed by atoms with E-state index in [1.165, 1.54) is 28.1 Å². The second-order valence-corrected chi connectivity index (χ2v) is 4.56. The van der Waals surface area contributed by atoms with Crippen molar-refractivity contribution in [3.63, 3.8) is 0 Å². The van der Waals surface area contributed by atoms with Gasteiger partial charge in [0.15, 0.2) is 0 Å². The minimum atomic E-state index is 1.09. The topological polar surface area (TPSA) is 28.1 Å². The van der Waals surface area contributed by atoms with Gasteiger partial charge in [-0.25, -0.2) is 0 Å². The van der Waals surface area contributed by atoms with Crippen LogP contribution in [0.25, 0.3) is 5.57 Å². The molecule has 0 saturated carbocycles. The summed E-state index contributed by atoms with van der Waals surface area (Å²) >= 11 is 0. The van der Waals surface area contributed by atoms with E-state index in [0.717, 1.165) is 11.4 Å². The second-order valence-electron chi connectivity index (χ2n) is 4.56. The molecule has 2 nitrogen and oxygen atoms in total. The lowest BCUT2D eigenvalue weighted by molar-refractivity contribution is 1.20. The first-order chi connectivity index (χ1) is 7.49. The van der Waals surface area contributed by atoms with Gasteiger partial charge >= 0.3 is 0 Å². The first-order valence-electron chi connectivity index (χ1n) is 5.60. The van der Waals surface area contributed by atoms with E-state index in [0.29, 0.717) is 0 Å². The van der Waals surface area contributed by atoms with Gasteiger partial charge in [-0.15, -0.1) is 0 Å². The molecule has 1 aromatic heterocycles. The summed E-state index contributed by atoms with van der Waals surface area (Å²) in [6, 6.07) is 2.17. The number of nitrogens with zero attached hydrogens (tertiary/aromatic N) is 1. The third kappa shape index (κ3) is 1.75. The van der Waals surface area contributed by atoms with Gasteiger partial charge in [-0.2, -0.15) is 0 Å². The first kappa shape index (κ1) is 10.9. The third-order valence-electron chi connectivity index (χ3n) is 2.97. The molecule has 1 aliphatic heterocycles. The molecule has 1 aromatic rings. The van der Waals surface area contributed by atoms with Gasteiger partial charge in [0.25, 0.3) is 0 Å². The van der Waals surface area contributed by atoms with Crippen molar-refractivity contribution in [2.75, 3.05) is 0 Å². The number of hydrogen-bond donors (Lipinski definition) is 1. The molecule has 2 rings (SSSR count). The van der Waals surface area contributed by atoms with Gasteiger partial charge in [-0.1, -0.05) is 0 Å². The summed E-state index contributed by atoms with van der Waals surface area (Å²) in [5.41, 5.74) is 8.38. The van der Waals surface area contributed by atoms with Gasteiger partial charge in [-0.05, 0) is 63.5 Å². The molecule has 0 aliphatic carbocycles. The van der Waals surface area contributed by atoms with Crippen LogP contribution in [0.5, 0.6) is 0 Å². The van der Waals surface area contributed by atoms with E-state index in [4.69, 9.17) is 0 Å². The molecular weight excluding hydrogens is 196 g/mol. The fourth-order valence-electron chi connectivity index (χ4n) is 2.29. The molecule has 2 heteroatoms. The zero-order chi connectivity index (χ0) is 11.9. The van der Waals surface area contributed by atoms with Gasteiger partial charge in [0.1, 0.15) is 0 Å². The van der Waals surface area contributed by atoms with E-state index in [9.17, 15) is 0 Å². The summed E-state index contributed by atoms with van der Waals surface area (Å²) in [5, 5.41) is 0. The van der Waals surface area contributed by atoms with Crippen molar-refractivity contribution in [2.45, 2.75) is 34.6 Å². The van der Waals surface area contributed by atoms with E-state index in [-0.39, 0.29) is 0 Å². The molecule has 0 atom stereocenters. The highest BCUT2D eigenvalue weighted by Gasteiger charge is 2.14. The van der Waals surface area contributed by atoms with Crippen LogP contribution in [-0.2, 0) is 0 Å². The fourth-order valence-corrected chi connectivity index (χ4v) is 2.29. The van der Waals surface area contributed by atoms with Crippen molar-refractivity contribution in [1.29, 1.82) is 0 Å². The number of H-pyrrole nitrogens is 1. The van der Waals surface area contributed by atoms with Crippen molar-refractivity contribution >= 4 is 11.3 Å². The molecule has 0 radical (unpaired) electrons. The number of allylic oxidation sites excluding steroid dienone is 3. The molecule has 0 amide bonds. The highest BCUT2D eigenvalue weighted by atomic mass is 14.8. The number of aliphatic imine (C=N–C) groups is 1. The Morgan fingerprint density at radius 1 is 1.19 bits per heavy atom. The van der Waals surface area contributed by atoms with Gasteiger partial charge < -0.3 is 4.98 Å². The lowest BCUT2D eigenvalue weighted by Gasteiger charge is -2.05. The number of nitrogens with one attached hydrogen (secondary N) is 1. The summed E-state index contributed by atoms with van der Waals surface area (Å²) in [6.45, 7) is 10.5. The Morgan fingerprint density at radius 3 is 2.31 bits per heavy atom. The van der Waals surface area contributed by atoms with Crippen LogP contribution in [0.2, 0.25) is 0 Å². The maximum absolute atomic E-state index is 4.58. The number of aromatic nitrogens is 1. The predicted molar refractivity (Wildman–Crippen MR) is 69.7 cm³/mol. The highest BCUT2D eigenvalue weighted by molar-refractivity contribution is 5.99. The van der Waals surface area contributed by atoms with Crippen LogP contribution >= 0.6 is 0 Å². The number of hydrogen-bond acceptors (Lipinski definition) is 1. The van der Waals surface area contributed by atoms with Crippen molar-refractivity contribution in [3.05, 3.63) is 40.4 Å². The molecule has 1 N–H and O–H groups in total. The van der Waals surface area contributed by atoms with E-state index in [1.54, 1.807) is 0 Å². The Hall–Kier alpha value is -1.57. The van der Waals surface area contributed by atoms with Crippen LogP contribution in [-0.4, -0.2) is 10.7 Å². The Balaban J connectivity index is 2.54. The molecule has 0 fully saturated rings. The van der Waals surface area contributed by atoms with Crippen LogP contribution in [0.1, 0.15) is 37.7 Å². The molecule has 0 unspecified atom stereocenters. The summed E-state index contributed by atoms with van der Waals surface area (Å²) in [6.07, 6.45) is 2.13. The normalized spacial score (nSPS) is 18.6. The predicted octanol–water partition coefficient (Wildman–Crippen LogP) is 3.78. The maximum Gasteiger partial charge on any atom is 0.0712 e. The van der Waals surface area contributed by atoms with Crippen molar-refractivity contribution in [1.82, 2.24) is 4.98 Å². The fraction of sp³-hybridized carbons (Fsp3) is 0.357. The summed E-state index contributed by atoms with van der Waals surface area (Å²) in [5.74, 6) is 0. The van der Waals surface area contributed by atoms with Gasteiger partial charge in [0.05, 0.1) is 5.70 Å². The Kier molecular flexibility index (Phi) is 2.58. The Labute approximate surface area is 96.8 Å². The molecule has 0 saturated heterocycles. The van der Waals surface area contributed by atoms with E-state index < -0.39 is 0 Å². The Morgan fingerprint density at radius 2 is 1.88 bits per heavy atom. The molecule has 16 heavy (non-hydrogen) atoms. The zero-order valence-corrected chi connectivity index (χ0v) is 10.6. The molecule has 0 spiro atoms. The number of rotatable bonds is 1. The van der Waals surface area contributed by atoms with Crippen molar-refractivity contribution in [2.24, 2.45) is 4.99 Å². The molecule has 1 aliphatic rings. The molecule has 2 heterocycles. The average Bonchev–Trinajstić information content (AvgIpc) is 2.68. The summed E-state index contributed by atoms with van der Waals surface area (Å²) in [7, 11) is 0. The molecule has 0 bridgehead atoms. The van der Waals surface area contributed by atoms with Crippen molar-refractivity contribution in [3.8, 4) is 0 Å². The SMILES string of the molecule is CC1=CC(C)=N/C1=C(/C)c1[nH]c(C)cc1C. The molecule has 0 aromatic carbocycles. The monoisotopic (exact) mass is 214 g/mol. The molecular formula is C14H18N2. The minimum Gasteiger partial charge on any atom is -0.359 e. The third-order valence-corrected chi connectivity index (χ3v) is 2.97. The second kappa shape index (κ2) is 3.78. The molecule has 84 valence electrons. The highest BCUT2D eigenvalue weighted by Crippen LogP contribution is 2.29.